The van der Waals surface area contributed by atoms with E-state index >= 15 is 0 Å². The van der Waals surface area contributed by atoms with Crippen molar-refractivity contribution in [2.45, 2.75) is 18.4 Å². The van der Waals surface area contributed by atoms with Gasteiger partial charge in [-0.3, -0.25) is 24.7 Å². The van der Waals surface area contributed by atoms with Crippen LogP contribution < -0.4 is 15.4 Å². The van der Waals surface area contributed by atoms with Gasteiger partial charge in [0.05, 0.1) is 13.5 Å². The van der Waals surface area contributed by atoms with Gasteiger partial charge in [0.2, 0.25) is 11.8 Å². The van der Waals surface area contributed by atoms with Gasteiger partial charge in [0.25, 0.3) is 5.91 Å². The number of furan rings is 1. The highest BCUT2D eigenvalue weighted by Gasteiger charge is 2.53. The SMILES string of the molecule is COc1ccc2c(c1)C(=O)N(C[C@@]1(c3cc4nc(Nc5ccncc5)ccc4o3)CC(=O)NC1=O)C2. The average molecular weight is 483 g/mol. The quantitative estimate of drug-likeness (QED) is 0.401. The van der Waals surface area contributed by atoms with Crippen LogP contribution in [-0.4, -0.2) is 46.2 Å². The molecule has 2 aliphatic rings. The number of hydrogen-bond acceptors (Lipinski definition) is 8. The zero-order chi connectivity index (χ0) is 24.9. The third-order valence-electron chi connectivity index (χ3n) is 6.60. The van der Waals surface area contributed by atoms with Crippen molar-refractivity contribution in [3.8, 4) is 5.75 Å². The Hall–Kier alpha value is -4.73. The Kier molecular flexibility index (Phi) is 4.96. The van der Waals surface area contributed by atoms with E-state index in [4.69, 9.17) is 9.15 Å². The lowest BCUT2D eigenvalue weighted by Gasteiger charge is -2.28. The van der Waals surface area contributed by atoms with Crippen molar-refractivity contribution in [3.63, 3.8) is 0 Å². The molecule has 5 heterocycles. The highest BCUT2D eigenvalue weighted by molar-refractivity contribution is 6.10. The number of nitrogens with zero attached hydrogens (tertiary/aromatic N) is 3. The molecular formula is C26H21N5O5. The predicted molar refractivity (Wildman–Crippen MR) is 129 cm³/mol. The Morgan fingerprint density at radius 3 is 2.69 bits per heavy atom. The molecule has 1 saturated heterocycles. The van der Waals surface area contributed by atoms with Gasteiger partial charge >= 0.3 is 0 Å². The van der Waals surface area contributed by atoms with Gasteiger partial charge < -0.3 is 19.4 Å². The standard InChI is InChI=1S/C26H21N5O5/c1-35-17-3-2-15-13-31(24(33)18(15)10-17)14-26(12-23(32)30-25(26)34)21-11-19-20(36-21)4-5-22(29-19)28-16-6-8-27-9-7-16/h2-11H,12-14H2,1H3,(H,27,28,29)(H,30,32,34)/t26-/m1/s1. The minimum Gasteiger partial charge on any atom is -0.497 e. The van der Waals surface area contributed by atoms with Gasteiger partial charge in [-0.15, -0.1) is 0 Å². The predicted octanol–water partition coefficient (Wildman–Crippen LogP) is 2.92. The number of nitrogens with one attached hydrogen (secondary N) is 2. The van der Waals surface area contributed by atoms with Crippen molar-refractivity contribution in [3.05, 3.63) is 77.8 Å². The van der Waals surface area contributed by atoms with Crippen LogP contribution in [0.2, 0.25) is 0 Å². The number of carbonyl (C=O) groups is 3. The molecule has 10 heteroatoms. The molecule has 1 atom stereocenters. The number of amides is 3. The van der Waals surface area contributed by atoms with Gasteiger partial charge in [-0.25, -0.2) is 4.98 Å². The van der Waals surface area contributed by atoms with Crippen molar-refractivity contribution < 1.29 is 23.5 Å². The van der Waals surface area contributed by atoms with Crippen LogP contribution in [0.15, 0.2) is 65.3 Å². The molecule has 0 bridgehead atoms. The van der Waals surface area contributed by atoms with Gasteiger partial charge in [0.15, 0.2) is 5.58 Å². The topological polar surface area (TPSA) is 127 Å². The third-order valence-corrected chi connectivity index (χ3v) is 6.60. The first-order chi connectivity index (χ1) is 17.4. The summed E-state index contributed by atoms with van der Waals surface area (Å²) in [5.41, 5.74) is 1.81. The van der Waals surface area contributed by atoms with Crippen LogP contribution in [0, 0.1) is 0 Å². The first-order valence-corrected chi connectivity index (χ1v) is 11.3. The number of methoxy groups -OCH3 is 1. The maximum atomic E-state index is 13.2. The second-order valence-corrected chi connectivity index (χ2v) is 8.87. The van der Waals surface area contributed by atoms with Gasteiger partial charge in [-0.2, -0.15) is 0 Å². The molecule has 3 aromatic heterocycles. The molecule has 36 heavy (non-hydrogen) atoms. The normalized spacial score (nSPS) is 19.0. The van der Waals surface area contributed by atoms with E-state index in [1.54, 1.807) is 47.6 Å². The molecule has 1 fully saturated rings. The van der Waals surface area contributed by atoms with Crippen LogP contribution in [0.1, 0.15) is 28.1 Å². The Bertz CT molecular complexity index is 1530. The molecule has 2 aliphatic heterocycles. The van der Waals surface area contributed by atoms with E-state index in [1.165, 1.54) is 7.11 Å². The van der Waals surface area contributed by atoms with Crippen LogP contribution in [0.4, 0.5) is 11.5 Å². The molecule has 6 rings (SSSR count). The first kappa shape index (κ1) is 21.8. The number of aromatic nitrogens is 2. The summed E-state index contributed by atoms with van der Waals surface area (Å²) in [5, 5.41) is 5.58. The molecular weight excluding hydrogens is 462 g/mol. The van der Waals surface area contributed by atoms with E-state index in [2.05, 4.69) is 20.6 Å². The largest absolute Gasteiger partial charge is 0.497 e. The molecule has 3 amide bonds. The molecule has 4 aromatic rings. The number of benzene rings is 1. The molecule has 0 saturated carbocycles. The summed E-state index contributed by atoms with van der Waals surface area (Å²) < 4.78 is 11.3. The lowest BCUT2D eigenvalue weighted by molar-refractivity contribution is -0.127. The van der Waals surface area contributed by atoms with E-state index in [9.17, 15) is 14.4 Å². The zero-order valence-electron chi connectivity index (χ0n) is 19.3. The second kappa shape index (κ2) is 8.19. The Morgan fingerprint density at radius 1 is 1.11 bits per heavy atom. The zero-order valence-corrected chi connectivity index (χ0v) is 19.3. The van der Waals surface area contributed by atoms with Crippen LogP contribution in [0.5, 0.6) is 5.75 Å². The maximum absolute atomic E-state index is 13.2. The van der Waals surface area contributed by atoms with Crippen LogP contribution in [-0.2, 0) is 21.5 Å². The van der Waals surface area contributed by atoms with Gasteiger partial charge in [-0.05, 0) is 42.0 Å². The van der Waals surface area contributed by atoms with Crippen molar-refractivity contribution in [2.24, 2.45) is 0 Å². The summed E-state index contributed by atoms with van der Waals surface area (Å²) in [6, 6.07) is 14.1. The van der Waals surface area contributed by atoms with E-state index in [1.807, 2.05) is 18.2 Å². The van der Waals surface area contributed by atoms with Crippen LogP contribution >= 0.6 is 0 Å². The smallest absolute Gasteiger partial charge is 0.254 e. The summed E-state index contributed by atoms with van der Waals surface area (Å²) in [4.78, 5) is 48.9. The molecule has 0 aliphatic carbocycles. The molecule has 180 valence electrons. The van der Waals surface area contributed by atoms with Gasteiger partial charge in [0.1, 0.15) is 28.3 Å². The van der Waals surface area contributed by atoms with Crippen molar-refractivity contribution in [1.82, 2.24) is 20.2 Å². The number of carbonyl (C=O) groups excluding carboxylic acids is 3. The van der Waals surface area contributed by atoms with Gasteiger partial charge in [-0.1, -0.05) is 6.07 Å². The number of anilines is 2. The van der Waals surface area contributed by atoms with E-state index < -0.39 is 17.2 Å². The summed E-state index contributed by atoms with van der Waals surface area (Å²) in [5.74, 6) is 0.305. The highest BCUT2D eigenvalue weighted by Crippen LogP contribution is 2.39. The van der Waals surface area contributed by atoms with E-state index in [-0.39, 0.29) is 24.6 Å². The fourth-order valence-corrected chi connectivity index (χ4v) is 4.78. The molecule has 10 nitrogen and oxygen atoms in total. The van der Waals surface area contributed by atoms with E-state index in [0.29, 0.717) is 34.8 Å². The number of imide groups is 1. The lowest BCUT2D eigenvalue weighted by Crippen LogP contribution is -2.46. The van der Waals surface area contributed by atoms with Crippen LogP contribution in [0.3, 0.4) is 0 Å². The van der Waals surface area contributed by atoms with Crippen molar-refractivity contribution in [1.29, 1.82) is 0 Å². The number of pyridine rings is 2. The number of hydrogen-bond donors (Lipinski definition) is 2. The Labute approximate surface area is 205 Å². The minimum absolute atomic E-state index is 0.0116. The van der Waals surface area contributed by atoms with E-state index in [0.717, 1.165) is 11.3 Å². The summed E-state index contributed by atoms with van der Waals surface area (Å²) in [7, 11) is 1.54. The molecule has 0 unspecified atom stereocenters. The molecule has 0 spiro atoms. The molecule has 1 aromatic carbocycles. The fourth-order valence-electron chi connectivity index (χ4n) is 4.78. The minimum atomic E-state index is -1.36. The summed E-state index contributed by atoms with van der Waals surface area (Å²) in [6.07, 6.45) is 3.21. The molecule has 0 radical (unpaired) electrons. The van der Waals surface area contributed by atoms with Crippen molar-refractivity contribution in [2.75, 3.05) is 19.0 Å². The van der Waals surface area contributed by atoms with Gasteiger partial charge in [0, 0.05) is 42.8 Å². The fraction of sp³-hybridized carbons (Fsp3) is 0.192. The average Bonchev–Trinajstić information content (AvgIpc) is 3.53. The summed E-state index contributed by atoms with van der Waals surface area (Å²) in [6.45, 7) is 0.308. The molecule has 2 N–H and O–H groups in total. The van der Waals surface area contributed by atoms with Crippen molar-refractivity contribution >= 4 is 40.3 Å². The van der Waals surface area contributed by atoms with Crippen LogP contribution in [0.25, 0.3) is 11.1 Å². The maximum Gasteiger partial charge on any atom is 0.254 e. The second-order valence-electron chi connectivity index (χ2n) is 8.87. The summed E-state index contributed by atoms with van der Waals surface area (Å²) >= 11 is 0. The number of rotatable bonds is 6. The highest BCUT2D eigenvalue weighted by atomic mass is 16.5. The first-order valence-electron chi connectivity index (χ1n) is 11.3. The number of ether oxygens (including phenoxy) is 1. The lowest BCUT2D eigenvalue weighted by atomic mass is 9.82. The Balaban J connectivity index is 1.34. The Morgan fingerprint density at radius 2 is 1.94 bits per heavy atom. The number of fused-ring (bicyclic) bond motifs is 2. The monoisotopic (exact) mass is 483 g/mol. The third kappa shape index (κ3) is 3.54.